The Morgan fingerprint density at radius 3 is 1.91 bits per heavy atom. The lowest BCUT2D eigenvalue weighted by Crippen LogP contribution is -2.63. The first kappa shape index (κ1) is 46.4. The van der Waals surface area contributed by atoms with E-state index in [9.17, 15) is 0 Å². The van der Waals surface area contributed by atoms with Crippen molar-refractivity contribution in [3.8, 4) is 0 Å². The van der Waals surface area contributed by atoms with Crippen LogP contribution in [0.2, 0.25) is 0 Å². The van der Waals surface area contributed by atoms with Crippen LogP contribution in [-0.2, 0) is 14.2 Å². The van der Waals surface area contributed by atoms with Gasteiger partial charge in [0.2, 0.25) is 0 Å². The molecule has 6 heteroatoms. The third-order valence-corrected chi connectivity index (χ3v) is 15.9. The molecule has 0 amide bonds. The highest BCUT2D eigenvalue weighted by atomic mass is 16.5. The summed E-state index contributed by atoms with van der Waals surface area (Å²) < 4.78 is 20.6. The molecule has 4 fully saturated rings. The van der Waals surface area contributed by atoms with Crippen molar-refractivity contribution in [2.24, 2.45) is 57.8 Å². The van der Waals surface area contributed by atoms with Crippen LogP contribution < -0.4 is 16.8 Å². The fourth-order valence-electron chi connectivity index (χ4n) is 12.6. The zero-order chi connectivity index (χ0) is 38.7. The van der Waals surface area contributed by atoms with Gasteiger partial charge in [0.05, 0.1) is 18.3 Å². The van der Waals surface area contributed by atoms with E-state index < -0.39 is 0 Å². The summed E-state index contributed by atoms with van der Waals surface area (Å²) in [5.41, 5.74) is 12.4. The van der Waals surface area contributed by atoms with Gasteiger partial charge in [0.1, 0.15) is 0 Å². The van der Waals surface area contributed by atoms with Gasteiger partial charge in [-0.3, -0.25) is 0 Å². The van der Waals surface area contributed by atoms with E-state index in [-0.39, 0.29) is 5.41 Å². The maximum atomic E-state index is 7.08. The van der Waals surface area contributed by atoms with Crippen LogP contribution in [0.25, 0.3) is 0 Å². The minimum Gasteiger partial charge on any atom is -0.378 e. The number of hydrogen-bond donors (Lipinski definition) is 3. The van der Waals surface area contributed by atoms with Crippen molar-refractivity contribution in [2.75, 3.05) is 46.0 Å². The molecule has 0 unspecified atom stereocenters. The molecule has 0 aromatic rings. The number of ether oxygens (including phenoxy) is 3. The van der Waals surface area contributed by atoms with Crippen molar-refractivity contribution < 1.29 is 14.2 Å². The summed E-state index contributed by atoms with van der Waals surface area (Å²) in [7, 11) is 0. The van der Waals surface area contributed by atoms with E-state index in [1.54, 1.807) is 0 Å². The molecule has 54 heavy (non-hydrogen) atoms. The van der Waals surface area contributed by atoms with Crippen LogP contribution in [0.3, 0.4) is 0 Å². The average molecular weight is 760 g/mol. The molecule has 4 aliphatic carbocycles. The van der Waals surface area contributed by atoms with Gasteiger partial charge in [-0.1, -0.05) is 112 Å². The van der Waals surface area contributed by atoms with E-state index in [0.29, 0.717) is 60.5 Å². The molecule has 0 aromatic carbocycles. The number of nitrogens with two attached hydrogens (primary N) is 2. The van der Waals surface area contributed by atoms with Crippen molar-refractivity contribution in [3.05, 3.63) is 0 Å². The number of nitrogens with one attached hydrogen (secondary N) is 1. The maximum absolute atomic E-state index is 7.08. The van der Waals surface area contributed by atoms with Gasteiger partial charge in [0, 0.05) is 25.2 Å². The fraction of sp³-hybridized carbons (Fsp3) is 1.00. The maximum Gasteiger partial charge on any atom is 0.0637 e. The Kier molecular flexibility index (Phi) is 21.8. The van der Waals surface area contributed by atoms with Gasteiger partial charge in [-0.05, 0) is 151 Å². The lowest BCUT2D eigenvalue weighted by Gasteiger charge is -2.65. The van der Waals surface area contributed by atoms with E-state index in [1.165, 1.54) is 161 Å². The Morgan fingerprint density at radius 2 is 1.24 bits per heavy atom. The highest BCUT2D eigenvalue weighted by molar-refractivity contribution is 5.15. The fourth-order valence-corrected chi connectivity index (χ4v) is 12.6. The van der Waals surface area contributed by atoms with Crippen molar-refractivity contribution in [2.45, 2.75) is 213 Å². The molecular weight excluding hydrogens is 667 g/mol. The van der Waals surface area contributed by atoms with Crippen LogP contribution in [0.5, 0.6) is 0 Å². The Morgan fingerprint density at radius 1 is 0.630 bits per heavy atom. The number of rotatable bonds is 30. The van der Waals surface area contributed by atoms with Gasteiger partial charge in [-0.15, -0.1) is 0 Å². The van der Waals surface area contributed by atoms with Gasteiger partial charge in [-0.2, -0.15) is 0 Å². The van der Waals surface area contributed by atoms with Crippen LogP contribution in [0.15, 0.2) is 0 Å². The molecular formula is C48H93N3O3. The average Bonchev–Trinajstić information content (AvgIpc) is 3.53. The summed E-state index contributed by atoms with van der Waals surface area (Å²) in [6, 6.07) is 0. The highest BCUT2D eigenvalue weighted by Crippen LogP contribution is 2.69. The molecule has 0 bridgehead atoms. The van der Waals surface area contributed by atoms with Crippen molar-refractivity contribution in [1.82, 2.24) is 5.32 Å². The van der Waals surface area contributed by atoms with Crippen LogP contribution in [0.1, 0.15) is 195 Å². The summed E-state index contributed by atoms with van der Waals surface area (Å²) in [6.07, 6.45) is 33.8. The standard InChI is InChI=1S/C48H93N3O3/c1-6-8-10-11-12-13-14-15-16-17-18-19-30-51-31-20-23-38(3)41-24-25-42-46-43(37-45(48(41,42)5)54-34-22-29-50)47(4)27-26-40(52-33-21-28-49)35-39(47)36-44(46)53-32-9-7-2/h38-46,51H,6-37,49-50H2,1-5H3/t38-,39+,40-,41-,42+,43+,44-,45+,46+,47+,48-/m1/s1. The van der Waals surface area contributed by atoms with Crippen molar-refractivity contribution in [3.63, 3.8) is 0 Å². The number of unbranched alkanes of at least 4 members (excludes halogenated alkanes) is 12. The first-order valence-electron chi connectivity index (χ1n) is 24.3. The van der Waals surface area contributed by atoms with Gasteiger partial charge in [0.25, 0.3) is 0 Å². The minimum atomic E-state index is 0.204. The smallest absolute Gasteiger partial charge is 0.0637 e. The monoisotopic (exact) mass is 760 g/mol. The van der Waals surface area contributed by atoms with Crippen LogP contribution in [0, 0.1) is 46.3 Å². The molecule has 11 atom stereocenters. The summed E-state index contributed by atoms with van der Waals surface area (Å²) in [4.78, 5) is 0. The second-order valence-corrected chi connectivity index (χ2v) is 19.4. The zero-order valence-electron chi connectivity index (χ0n) is 36.7. The highest BCUT2D eigenvalue weighted by Gasteiger charge is 2.66. The van der Waals surface area contributed by atoms with Gasteiger partial charge >= 0.3 is 0 Å². The Hall–Kier alpha value is -0.240. The number of fused-ring (bicyclic) bond motifs is 5. The second kappa shape index (κ2) is 25.3. The molecule has 5 N–H and O–H groups in total. The zero-order valence-corrected chi connectivity index (χ0v) is 36.7. The summed E-state index contributed by atoms with van der Waals surface area (Å²) in [6.45, 7) is 18.9. The lowest BCUT2D eigenvalue weighted by atomic mass is 9.43. The molecule has 4 aliphatic rings. The molecule has 318 valence electrons. The van der Waals surface area contributed by atoms with Crippen molar-refractivity contribution in [1.29, 1.82) is 0 Å². The van der Waals surface area contributed by atoms with Crippen LogP contribution in [0.4, 0.5) is 0 Å². The normalized spacial score (nSPS) is 34.1. The summed E-state index contributed by atoms with van der Waals surface area (Å²) in [5.74, 6) is 4.08. The predicted molar refractivity (Wildman–Crippen MR) is 230 cm³/mol. The van der Waals surface area contributed by atoms with E-state index in [2.05, 4.69) is 39.9 Å². The second-order valence-electron chi connectivity index (χ2n) is 19.4. The molecule has 4 saturated carbocycles. The molecule has 0 aliphatic heterocycles. The third-order valence-electron chi connectivity index (χ3n) is 15.9. The van der Waals surface area contributed by atoms with Gasteiger partial charge < -0.3 is 31.0 Å². The molecule has 0 saturated heterocycles. The van der Waals surface area contributed by atoms with Gasteiger partial charge in [0.15, 0.2) is 0 Å². The Labute approximate surface area is 335 Å². The molecule has 4 rings (SSSR count). The Bertz CT molecular complexity index is 967. The summed E-state index contributed by atoms with van der Waals surface area (Å²) >= 11 is 0. The first-order chi connectivity index (χ1) is 26.3. The Balaban J connectivity index is 1.31. The largest absolute Gasteiger partial charge is 0.378 e. The topological polar surface area (TPSA) is 91.8 Å². The predicted octanol–water partition coefficient (Wildman–Crippen LogP) is 11.2. The quantitative estimate of drug-likeness (QED) is 0.0632. The summed E-state index contributed by atoms with van der Waals surface area (Å²) in [5, 5.41) is 3.82. The van der Waals surface area contributed by atoms with Crippen LogP contribution >= 0.6 is 0 Å². The first-order valence-corrected chi connectivity index (χ1v) is 24.3. The number of hydrogen-bond acceptors (Lipinski definition) is 6. The van der Waals surface area contributed by atoms with Crippen molar-refractivity contribution >= 4 is 0 Å². The van der Waals surface area contributed by atoms with E-state index in [1.807, 2.05) is 0 Å². The molecule has 0 aromatic heterocycles. The minimum absolute atomic E-state index is 0.204. The van der Waals surface area contributed by atoms with E-state index in [0.717, 1.165) is 44.5 Å². The molecule has 0 spiro atoms. The molecule has 0 heterocycles. The third kappa shape index (κ3) is 12.9. The SMILES string of the molecule is CCCCCCCCCCCCCCNCCC[C@@H](C)[C@H]1CC[C@H]2[C@@H]3[C@H](OCCCC)C[C@@H]4C[C@H](OCCCN)CC[C@]4(C)[C@H]3C[C@H](OCCCN)[C@]12C. The lowest BCUT2D eigenvalue weighted by molar-refractivity contribution is -0.227. The molecule has 0 radical (unpaired) electrons. The van der Waals surface area contributed by atoms with Gasteiger partial charge in [-0.25, -0.2) is 0 Å². The van der Waals surface area contributed by atoms with E-state index in [4.69, 9.17) is 25.7 Å². The molecule has 6 nitrogen and oxygen atoms in total. The van der Waals surface area contributed by atoms with Crippen LogP contribution in [-0.4, -0.2) is 64.3 Å². The van der Waals surface area contributed by atoms with E-state index >= 15 is 0 Å².